The summed E-state index contributed by atoms with van der Waals surface area (Å²) in [6.07, 6.45) is 3.00. The maximum Gasteiger partial charge on any atom is 0.165 e. The Hall–Kier alpha value is -1.13. The first kappa shape index (κ1) is 14.3. The molecule has 4 heteroatoms. The predicted octanol–water partition coefficient (Wildman–Crippen LogP) is 2.62. The van der Waals surface area contributed by atoms with Gasteiger partial charge in [0.15, 0.2) is 11.6 Å². The van der Waals surface area contributed by atoms with Crippen molar-refractivity contribution in [2.45, 2.75) is 51.3 Å². The van der Waals surface area contributed by atoms with Crippen LogP contribution in [0.3, 0.4) is 0 Å². The molecule has 2 N–H and O–H groups in total. The van der Waals surface area contributed by atoms with E-state index >= 15 is 0 Å². The van der Waals surface area contributed by atoms with Crippen molar-refractivity contribution in [3.8, 4) is 5.75 Å². The SMILES string of the molecule is CCC(C)(O)COc1ccc(CNC2CC2)cc1F. The van der Waals surface area contributed by atoms with Gasteiger partial charge in [0.25, 0.3) is 0 Å². The van der Waals surface area contributed by atoms with E-state index in [4.69, 9.17) is 4.74 Å². The van der Waals surface area contributed by atoms with Crippen molar-refractivity contribution in [3.63, 3.8) is 0 Å². The normalized spacial score (nSPS) is 18.1. The average Bonchev–Trinajstić information content (AvgIpc) is 3.19. The smallest absolute Gasteiger partial charge is 0.165 e. The van der Waals surface area contributed by atoms with Crippen LogP contribution in [0.25, 0.3) is 0 Å². The van der Waals surface area contributed by atoms with Crippen LogP contribution < -0.4 is 10.1 Å². The molecule has 0 bridgehead atoms. The monoisotopic (exact) mass is 267 g/mol. The lowest BCUT2D eigenvalue weighted by atomic mass is 10.1. The molecular formula is C15H22FNO2. The van der Waals surface area contributed by atoms with Gasteiger partial charge in [-0.1, -0.05) is 13.0 Å². The Balaban J connectivity index is 1.90. The van der Waals surface area contributed by atoms with Gasteiger partial charge < -0.3 is 15.2 Å². The molecule has 1 aliphatic carbocycles. The lowest BCUT2D eigenvalue weighted by Crippen LogP contribution is -2.31. The number of hydrogen-bond donors (Lipinski definition) is 2. The van der Waals surface area contributed by atoms with Gasteiger partial charge in [0, 0.05) is 12.6 Å². The zero-order valence-electron chi connectivity index (χ0n) is 11.6. The first-order valence-corrected chi connectivity index (χ1v) is 6.87. The van der Waals surface area contributed by atoms with Crippen LogP contribution >= 0.6 is 0 Å². The summed E-state index contributed by atoms with van der Waals surface area (Å²) in [7, 11) is 0. The van der Waals surface area contributed by atoms with E-state index in [0.29, 0.717) is 19.0 Å². The van der Waals surface area contributed by atoms with Crippen molar-refractivity contribution in [1.82, 2.24) is 5.32 Å². The highest BCUT2D eigenvalue weighted by atomic mass is 19.1. The molecule has 1 aliphatic rings. The van der Waals surface area contributed by atoms with Gasteiger partial charge in [-0.2, -0.15) is 0 Å². The molecule has 1 aromatic carbocycles. The molecule has 0 amide bonds. The largest absolute Gasteiger partial charge is 0.488 e. The van der Waals surface area contributed by atoms with E-state index in [0.717, 1.165) is 5.56 Å². The third-order valence-corrected chi connectivity index (χ3v) is 3.47. The van der Waals surface area contributed by atoms with Gasteiger partial charge in [-0.3, -0.25) is 0 Å². The van der Waals surface area contributed by atoms with Crippen molar-refractivity contribution in [1.29, 1.82) is 0 Å². The molecule has 106 valence electrons. The number of ether oxygens (including phenoxy) is 1. The summed E-state index contributed by atoms with van der Waals surface area (Å²) in [6, 6.07) is 5.59. The van der Waals surface area contributed by atoms with Gasteiger partial charge >= 0.3 is 0 Å². The second-order valence-corrected chi connectivity index (χ2v) is 5.56. The van der Waals surface area contributed by atoms with E-state index in [1.807, 2.05) is 13.0 Å². The van der Waals surface area contributed by atoms with Crippen LogP contribution in [0.15, 0.2) is 18.2 Å². The van der Waals surface area contributed by atoms with Gasteiger partial charge in [-0.15, -0.1) is 0 Å². The highest BCUT2D eigenvalue weighted by molar-refractivity contribution is 5.29. The summed E-state index contributed by atoms with van der Waals surface area (Å²) in [5.41, 5.74) is -0.00227. The zero-order chi connectivity index (χ0) is 13.9. The fraction of sp³-hybridized carbons (Fsp3) is 0.600. The predicted molar refractivity (Wildman–Crippen MR) is 72.7 cm³/mol. The lowest BCUT2D eigenvalue weighted by molar-refractivity contribution is 0.00733. The highest BCUT2D eigenvalue weighted by Gasteiger charge is 2.21. The third-order valence-electron chi connectivity index (χ3n) is 3.47. The number of hydrogen-bond acceptors (Lipinski definition) is 3. The molecule has 1 aromatic rings. The van der Waals surface area contributed by atoms with Crippen LogP contribution in [0.4, 0.5) is 4.39 Å². The quantitative estimate of drug-likeness (QED) is 0.798. The molecule has 0 heterocycles. The molecular weight excluding hydrogens is 245 g/mol. The molecule has 0 aromatic heterocycles. The average molecular weight is 267 g/mol. The maximum atomic E-state index is 13.8. The van der Waals surface area contributed by atoms with Crippen LogP contribution in [-0.2, 0) is 6.54 Å². The molecule has 1 atom stereocenters. The molecule has 1 saturated carbocycles. The van der Waals surface area contributed by atoms with E-state index in [9.17, 15) is 9.50 Å². The summed E-state index contributed by atoms with van der Waals surface area (Å²) in [5, 5.41) is 13.2. The molecule has 2 rings (SSSR count). The Bertz CT molecular complexity index is 430. The van der Waals surface area contributed by atoms with E-state index in [1.165, 1.54) is 18.9 Å². The Morgan fingerprint density at radius 1 is 1.47 bits per heavy atom. The Morgan fingerprint density at radius 3 is 2.79 bits per heavy atom. The Kier molecular flexibility index (Phi) is 4.42. The molecule has 0 spiro atoms. The minimum atomic E-state index is -0.918. The Morgan fingerprint density at radius 2 is 2.21 bits per heavy atom. The summed E-state index contributed by atoms with van der Waals surface area (Å²) in [4.78, 5) is 0. The first-order chi connectivity index (χ1) is 9.00. The zero-order valence-corrected chi connectivity index (χ0v) is 11.6. The van der Waals surface area contributed by atoms with E-state index in [-0.39, 0.29) is 18.2 Å². The summed E-state index contributed by atoms with van der Waals surface area (Å²) in [6.45, 7) is 4.33. The number of halogens is 1. The molecule has 0 radical (unpaired) electrons. The molecule has 0 aliphatic heterocycles. The number of rotatable bonds is 7. The van der Waals surface area contributed by atoms with Crippen LogP contribution in [0.1, 0.15) is 38.7 Å². The van der Waals surface area contributed by atoms with Crippen molar-refractivity contribution < 1.29 is 14.2 Å². The number of aliphatic hydroxyl groups is 1. The number of benzene rings is 1. The minimum absolute atomic E-state index is 0.0973. The molecule has 1 fully saturated rings. The van der Waals surface area contributed by atoms with Crippen molar-refractivity contribution in [2.75, 3.05) is 6.61 Å². The van der Waals surface area contributed by atoms with Crippen molar-refractivity contribution in [2.24, 2.45) is 0 Å². The molecule has 3 nitrogen and oxygen atoms in total. The van der Waals surface area contributed by atoms with Crippen LogP contribution in [0.2, 0.25) is 0 Å². The molecule has 1 unspecified atom stereocenters. The standard InChI is InChI=1S/C15H22FNO2/c1-3-15(2,18)10-19-14-7-4-11(8-13(14)16)9-17-12-5-6-12/h4,7-8,12,17-18H,3,5-6,9-10H2,1-2H3. The molecule has 0 saturated heterocycles. The summed E-state index contributed by atoms with van der Waals surface area (Å²) < 4.78 is 19.2. The maximum absolute atomic E-state index is 13.8. The summed E-state index contributed by atoms with van der Waals surface area (Å²) >= 11 is 0. The van der Waals surface area contributed by atoms with Crippen LogP contribution in [0.5, 0.6) is 5.75 Å². The lowest BCUT2D eigenvalue weighted by Gasteiger charge is -2.21. The number of nitrogens with one attached hydrogen (secondary N) is 1. The minimum Gasteiger partial charge on any atom is -0.488 e. The van der Waals surface area contributed by atoms with E-state index in [1.54, 1.807) is 13.0 Å². The van der Waals surface area contributed by atoms with Crippen LogP contribution in [0, 0.1) is 5.82 Å². The Labute approximate surface area is 113 Å². The van der Waals surface area contributed by atoms with E-state index in [2.05, 4.69) is 5.32 Å². The summed E-state index contributed by atoms with van der Waals surface area (Å²) in [5.74, 6) is -0.175. The second-order valence-electron chi connectivity index (χ2n) is 5.56. The first-order valence-electron chi connectivity index (χ1n) is 6.87. The van der Waals surface area contributed by atoms with E-state index < -0.39 is 5.60 Å². The van der Waals surface area contributed by atoms with Crippen molar-refractivity contribution >= 4 is 0 Å². The van der Waals surface area contributed by atoms with Gasteiger partial charge in [0.1, 0.15) is 6.61 Å². The fourth-order valence-corrected chi connectivity index (χ4v) is 1.66. The third kappa shape index (κ3) is 4.48. The van der Waals surface area contributed by atoms with Crippen LogP contribution in [-0.4, -0.2) is 23.4 Å². The highest BCUT2D eigenvalue weighted by Crippen LogP contribution is 2.22. The fourth-order valence-electron chi connectivity index (χ4n) is 1.66. The van der Waals surface area contributed by atoms with Gasteiger partial charge in [0.05, 0.1) is 5.60 Å². The topological polar surface area (TPSA) is 41.5 Å². The van der Waals surface area contributed by atoms with Gasteiger partial charge in [0.2, 0.25) is 0 Å². The van der Waals surface area contributed by atoms with Crippen molar-refractivity contribution in [3.05, 3.63) is 29.6 Å². The second kappa shape index (κ2) is 5.88. The molecule has 19 heavy (non-hydrogen) atoms. The van der Waals surface area contributed by atoms with Gasteiger partial charge in [-0.05, 0) is 43.9 Å². The van der Waals surface area contributed by atoms with Gasteiger partial charge in [-0.25, -0.2) is 4.39 Å².